The Labute approximate surface area is 123 Å². The van der Waals surface area contributed by atoms with Gasteiger partial charge >= 0.3 is 0 Å². The van der Waals surface area contributed by atoms with Crippen molar-refractivity contribution in [3.63, 3.8) is 0 Å². The van der Waals surface area contributed by atoms with Gasteiger partial charge in [0, 0.05) is 0 Å². The lowest BCUT2D eigenvalue weighted by Crippen LogP contribution is -2.36. The Kier molecular flexibility index (Phi) is 3.47. The Morgan fingerprint density at radius 1 is 1.24 bits per heavy atom. The van der Waals surface area contributed by atoms with E-state index in [1.165, 1.54) is 0 Å². The summed E-state index contributed by atoms with van der Waals surface area (Å²) in [7, 11) is 0. The minimum absolute atomic E-state index is 0.326. The van der Waals surface area contributed by atoms with Crippen molar-refractivity contribution in [3.05, 3.63) is 41.8 Å². The molecule has 0 aliphatic heterocycles. The van der Waals surface area contributed by atoms with Crippen LogP contribution in [-0.4, -0.2) is 26.7 Å². The number of hydrogen-bond donors (Lipinski definition) is 2. The molecule has 3 rings (SSSR count). The molecular formula is C15H19N5O. The largest absolute Gasteiger partial charge is 0.342 e. The van der Waals surface area contributed by atoms with Crippen molar-refractivity contribution in [2.45, 2.75) is 32.7 Å². The number of nitrogens with zero attached hydrogens (tertiary/aromatic N) is 3. The predicted molar refractivity (Wildman–Crippen MR) is 79.9 cm³/mol. The standard InChI is InChI=1S/C15H19N5O/c1-4-16-15(2,3)14-19-13(20-21-14)9-12-17-10-7-5-6-8-11(10)18-12/h5-8,16H,4,9H2,1-3H3,(H,17,18). The third kappa shape index (κ3) is 2.80. The first-order valence-corrected chi connectivity index (χ1v) is 7.10. The van der Waals surface area contributed by atoms with E-state index in [-0.39, 0.29) is 5.54 Å². The quantitative estimate of drug-likeness (QED) is 0.752. The van der Waals surface area contributed by atoms with E-state index in [4.69, 9.17) is 4.52 Å². The van der Waals surface area contributed by atoms with E-state index in [2.05, 4.69) is 25.4 Å². The number of aromatic amines is 1. The number of para-hydroxylation sites is 2. The molecule has 0 saturated heterocycles. The molecule has 0 radical (unpaired) electrons. The molecule has 3 aromatic rings. The lowest BCUT2D eigenvalue weighted by molar-refractivity contribution is 0.271. The van der Waals surface area contributed by atoms with Crippen LogP contribution in [0.1, 0.15) is 38.3 Å². The fraction of sp³-hybridized carbons (Fsp3) is 0.400. The molecule has 0 unspecified atom stereocenters. The molecule has 0 atom stereocenters. The van der Waals surface area contributed by atoms with E-state index in [1.54, 1.807) is 0 Å². The van der Waals surface area contributed by atoms with Crippen LogP contribution in [0.25, 0.3) is 11.0 Å². The Hall–Kier alpha value is -2.21. The van der Waals surface area contributed by atoms with Gasteiger partial charge in [0.25, 0.3) is 0 Å². The van der Waals surface area contributed by atoms with Gasteiger partial charge in [0.2, 0.25) is 5.89 Å². The van der Waals surface area contributed by atoms with Crippen molar-refractivity contribution < 1.29 is 4.52 Å². The molecule has 2 aromatic heterocycles. The van der Waals surface area contributed by atoms with Crippen LogP contribution >= 0.6 is 0 Å². The number of benzene rings is 1. The van der Waals surface area contributed by atoms with Gasteiger partial charge in [-0.3, -0.25) is 0 Å². The zero-order valence-electron chi connectivity index (χ0n) is 12.5. The van der Waals surface area contributed by atoms with Gasteiger partial charge in [0.05, 0.1) is 23.0 Å². The van der Waals surface area contributed by atoms with Crippen molar-refractivity contribution in [1.29, 1.82) is 0 Å². The fourth-order valence-electron chi connectivity index (χ4n) is 2.34. The number of rotatable bonds is 5. The summed E-state index contributed by atoms with van der Waals surface area (Å²) in [5, 5.41) is 7.36. The van der Waals surface area contributed by atoms with E-state index in [0.717, 1.165) is 23.4 Å². The van der Waals surface area contributed by atoms with Gasteiger partial charge in [0.1, 0.15) is 5.82 Å². The second-order valence-electron chi connectivity index (χ2n) is 5.55. The summed E-state index contributed by atoms with van der Waals surface area (Å²) in [6.07, 6.45) is 0.528. The average molecular weight is 285 g/mol. The summed E-state index contributed by atoms with van der Waals surface area (Å²) in [4.78, 5) is 12.3. The van der Waals surface area contributed by atoms with Crippen LogP contribution in [0.5, 0.6) is 0 Å². The van der Waals surface area contributed by atoms with Gasteiger partial charge in [-0.05, 0) is 32.5 Å². The smallest absolute Gasteiger partial charge is 0.246 e. The number of H-pyrrole nitrogens is 1. The van der Waals surface area contributed by atoms with Crippen molar-refractivity contribution in [2.24, 2.45) is 0 Å². The van der Waals surface area contributed by atoms with Crippen molar-refractivity contribution >= 4 is 11.0 Å². The number of nitrogens with one attached hydrogen (secondary N) is 2. The highest BCUT2D eigenvalue weighted by Gasteiger charge is 2.26. The molecule has 21 heavy (non-hydrogen) atoms. The summed E-state index contributed by atoms with van der Waals surface area (Å²) < 4.78 is 5.36. The Bertz CT molecular complexity index is 710. The highest BCUT2D eigenvalue weighted by atomic mass is 16.5. The molecule has 2 heterocycles. The van der Waals surface area contributed by atoms with E-state index in [9.17, 15) is 0 Å². The molecule has 0 aliphatic rings. The van der Waals surface area contributed by atoms with Crippen molar-refractivity contribution in [3.8, 4) is 0 Å². The zero-order valence-corrected chi connectivity index (χ0v) is 12.5. The maximum Gasteiger partial charge on any atom is 0.246 e. The Morgan fingerprint density at radius 3 is 2.81 bits per heavy atom. The fourth-order valence-corrected chi connectivity index (χ4v) is 2.34. The van der Waals surface area contributed by atoms with Crippen LogP contribution in [0.15, 0.2) is 28.8 Å². The molecule has 0 fully saturated rings. The molecule has 0 saturated carbocycles. The number of fused-ring (bicyclic) bond motifs is 1. The van der Waals surface area contributed by atoms with Gasteiger partial charge < -0.3 is 14.8 Å². The Morgan fingerprint density at radius 2 is 2.05 bits per heavy atom. The maximum atomic E-state index is 5.36. The number of hydrogen-bond acceptors (Lipinski definition) is 5. The molecule has 6 heteroatoms. The SMILES string of the molecule is CCNC(C)(C)c1nc(Cc2nc3ccccc3[nH]2)no1. The van der Waals surface area contributed by atoms with Crippen molar-refractivity contribution in [2.75, 3.05) is 6.54 Å². The van der Waals surface area contributed by atoms with Gasteiger partial charge in [-0.1, -0.05) is 24.2 Å². The third-order valence-electron chi connectivity index (χ3n) is 3.39. The molecule has 0 bridgehead atoms. The van der Waals surface area contributed by atoms with E-state index >= 15 is 0 Å². The van der Waals surface area contributed by atoms with Crippen LogP contribution in [0.4, 0.5) is 0 Å². The van der Waals surface area contributed by atoms with Gasteiger partial charge in [-0.2, -0.15) is 4.98 Å². The van der Waals surface area contributed by atoms with Crippen molar-refractivity contribution in [1.82, 2.24) is 25.4 Å². The first kappa shape index (κ1) is 13.8. The summed E-state index contributed by atoms with van der Waals surface area (Å²) in [5.41, 5.74) is 1.64. The average Bonchev–Trinajstić information content (AvgIpc) is 3.05. The lowest BCUT2D eigenvalue weighted by atomic mass is 10.1. The van der Waals surface area contributed by atoms with Gasteiger partial charge in [0.15, 0.2) is 5.82 Å². The minimum atomic E-state index is -0.326. The second kappa shape index (κ2) is 5.29. The monoisotopic (exact) mass is 285 g/mol. The molecule has 2 N–H and O–H groups in total. The first-order chi connectivity index (χ1) is 10.1. The lowest BCUT2D eigenvalue weighted by Gasteiger charge is -2.20. The molecule has 110 valence electrons. The molecule has 6 nitrogen and oxygen atoms in total. The predicted octanol–water partition coefficient (Wildman–Crippen LogP) is 2.38. The van der Waals surface area contributed by atoms with Crippen LogP contribution in [-0.2, 0) is 12.0 Å². The molecule has 0 spiro atoms. The minimum Gasteiger partial charge on any atom is -0.342 e. The normalized spacial score (nSPS) is 12.1. The number of aromatic nitrogens is 4. The zero-order chi connectivity index (χ0) is 14.9. The van der Waals surface area contributed by atoms with Crippen LogP contribution in [0.3, 0.4) is 0 Å². The second-order valence-corrected chi connectivity index (χ2v) is 5.55. The van der Waals surface area contributed by atoms with Crippen LogP contribution in [0, 0.1) is 0 Å². The summed E-state index contributed by atoms with van der Waals surface area (Å²) in [6, 6.07) is 7.93. The highest BCUT2D eigenvalue weighted by molar-refractivity contribution is 5.74. The van der Waals surface area contributed by atoms with Gasteiger partial charge in [-0.25, -0.2) is 4.98 Å². The number of imidazole rings is 1. The molecule has 1 aromatic carbocycles. The third-order valence-corrected chi connectivity index (χ3v) is 3.39. The molecule has 0 aliphatic carbocycles. The summed E-state index contributed by atoms with van der Waals surface area (Å²) >= 11 is 0. The van der Waals surface area contributed by atoms with E-state index in [0.29, 0.717) is 18.1 Å². The first-order valence-electron chi connectivity index (χ1n) is 7.10. The highest BCUT2D eigenvalue weighted by Crippen LogP contribution is 2.18. The van der Waals surface area contributed by atoms with Crippen LogP contribution in [0.2, 0.25) is 0 Å². The van der Waals surface area contributed by atoms with Crippen LogP contribution < -0.4 is 5.32 Å². The van der Waals surface area contributed by atoms with E-state index < -0.39 is 0 Å². The summed E-state index contributed by atoms with van der Waals surface area (Å²) in [6.45, 7) is 6.94. The Balaban J connectivity index is 1.81. The molecular weight excluding hydrogens is 266 g/mol. The van der Waals surface area contributed by atoms with Gasteiger partial charge in [-0.15, -0.1) is 0 Å². The maximum absolute atomic E-state index is 5.36. The molecule has 0 amide bonds. The topological polar surface area (TPSA) is 79.6 Å². The van der Waals surface area contributed by atoms with E-state index in [1.807, 2.05) is 45.0 Å². The summed E-state index contributed by atoms with van der Waals surface area (Å²) in [5.74, 6) is 2.07.